The van der Waals surface area contributed by atoms with Gasteiger partial charge < -0.3 is 9.88 Å². The van der Waals surface area contributed by atoms with Crippen molar-refractivity contribution in [2.24, 2.45) is 4.99 Å². The van der Waals surface area contributed by atoms with Gasteiger partial charge in [-0.05, 0) is 30.3 Å². The second-order valence-electron chi connectivity index (χ2n) is 4.17. The van der Waals surface area contributed by atoms with Crippen LogP contribution in [0.1, 0.15) is 15.9 Å². The van der Waals surface area contributed by atoms with Crippen molar-refractivity contribution < 1.29 is 4.79 Å². The van der Waals surface area contributed by atoms with Gasteiger partial charge in [0.05, 0.1) is 6.54 Å². The zero-order valence-electron chi connectivity index (χ0n) is 9.84. The van der Waals surface area contributed by atoms with Gasteiger partial charge in [-0.15, -0.1) is 0 Å². The lowest BCUT2D eigenvalue weighted by atomic mass is 10.2. The van der Waals surface area contributed by atoms with Gasteiger partial charge in [0.2, 0.25) is 0 Å². The average Bonchev–Trinajstić information content (AvgIpc) is 3.10. The topological polar surface area (TPSA) is 46.4 Å². The summed E-state index contributed by atoms with van der Waals surface area (Å²) < 4.78 is 1.93. The highest BCUT2D eigenvalue weighted by atomic mass is 16.1. The Labute approximate surface area is 105 Å². The van der Waals surface area contributed by atoms with Gasteiger partial charge in [0.1, 0.15) is 5.84 Å². The molecule has 4 nitrogen and oxygen atoms in total. The Kier molecular flexibility index (Phi) is 2.68. The summed E-state index contributed by atoms with van der Waals surface area (Å²) >= 11 is 0. The third-order valence-corrected chi connectivity index (χ3v) is 2.96. The van der Waals surface area contributed by atoms with Crippen LogP contribution in [0.5, 0.6) is 0 Å². The maximum atomic E-state index is 10.6. The quantitative estimate of drug-likeness (QED) is 0.828. The molecule has 18 heavy (non-hydrogen) atoms. The number of carbonyl (C=O) groups excluding carboxylic acids is 1. The number of nitrogens with zero attached hydrogens (tertiary/aromatic N) is 2. The molecule has 0 radical (unpaired) electrons. The van der Waals surface area contributed by atoms with Gasteiger partial charge in [0.25, 0.3) is 0 Å². The Morgan fingerprint density at radius 2 is 2.06 bits per heavy atom. The smallest absolute Gasteiger partial charge is 0.151 e. The number of aldehydes is 1. The Hall–Kier alpha value is -2.36. The summed E-state index contributed by atoms with van der Waals surface area (Å²) in [6.45, 7) is 1.76. The van der Waals surface area contributed by atoms with E-state index in [0.717, 1.165) is 36.5 Å². The highest BCUT2D eigenvalue weighted by Gasteiger charge is 2.07. The number of aromatic nitrogens is 1. The minimum absolute atomic E-state index is 0.681. The zero-order chi connectivity index (χ0) is 12.4. The molecule has 0 saturated carbocycles. The van der Waals surface area contributed by atoms with E-state index in [1.807, 2.05) is 41.2 Å². The molecule has 0 bridgehead atoms. The number of hydrogen-bond donors (Lipinski definition) is 1. The van der Waals surface area contributed by atoms with Crippen molar-refractivity contribution >= 4 is 12.1 Å². The lowest BCUT2D eigenvalue weighted by Gasteiger charge is -2.05. The van der Waals surface area contributed by atoms with Crippen LogP contribution in [0.25, 0.3) is 5.69 Å². The molecule has 2 heterocycles. The number of hydrogen-bond acceptors (Lipinski definition) is 3. The van der Waals surface area contributed by atoms with Crippen molar-refractivity contribution in [2.75, 3.05) is 13.1 Å². The fraction of sp³-hybridized carbons (Fsp3) is 0.143. The lowest BCUT2D eigenvalue weighted by Crippen LogP contribution is -2.19. The first-order valence-corrected chi connectivity index (χ1v) is 5.89. The van der Waals surface area contributed by atoms with Gasteiger partial charge >= 0.3 is 0 Å². The fourth-order valence-corrected chi connectivity index (χ4v) is 2.03. The van der Waals surface area contributed by atoms with Crippen molar-refractivity contribution in [2.45, 2.75) is 0 Å². The predicted molar refractivity (Wildman–Crippen MR) is 70.6 cm³/mol. The number of aliphatic imine (C=N–C) groups is 1. The minimum Gasteiger partial charge on any atom is -0.368 e. The molecule has 0 fully saturated rings. The normalized spacial score (nSPS) is 14.1. The monoisotopic (exact) mass is 239 g/mol. The van der Waals surface area contributed by atoms with Crippen molar-refractivity contribution in [1.82, 2.24) is 9.88 Å². The summed E-state index contributed by atoms with van der Waals surface area (Å²) in [5.74, 6) is 0.961. The van der Waals surface area contributed by atoms with Crippen LogP contribution >= 0.6 is 0 Å². The van der Waals surface area contributed by atoms with Crippen LogP contribution in [0.4, 0.5) is 0 Å². The van der Waals surface area contributed by atoms with E-state index in [9.17, 15) is 4.79 Å². The first-order valence-electron chi connectivity index (χ1n) is 5.89. The summed E-state index contributed by atoms with van der Waals surface area (Å²) in [6, 6.07) is 9.91. The molecule has 1 aliphatic heterocycles. The maximum absolute atomic E-state index is 10.6. The largest absolute Gasteiger partial charge is 0.368 e. The number of rotatable bonds is 3. The average molecular weight is 239 g/mol. The molecule has 90 valence electrons. The van der Waals surface area contributed by atoms with Crippen molar-refractivity contribution in [1.29, 1.82) is 0 Å². The second-order valence-corrected chi connectivity index (χ2v) is 4.17. The standard InChI is InChI=1S/C14H13N3O/c18-10-11-5-8-17(9-11)13-3-1-12(2-4-13)14-15-6-7-16-14/h1-5,8-10H,6-7H2,(H,15,16). The van der Waals surface area contributed by atoms with Crippen LogP contribution in [0, 0.1) is 0 Å². The molecule has 3 rings (SSSR count). The van der Waals surface area contributed by atoms with E-state index < -0.39 is 0 Å². The molecule has 1 aromatic carbocycles. The van der Waals surface area contributed by atoms with Gasteiger partial charge in [-0.1, -0.05) is 0 Å². The highest BCUT2D eigenvalue weighted by Crippen LogP contribution is 2.12. The predicted octanol–water partition coefficient (Wildman–Crippen LogP) is 1.64. The molecular weight excluding hydrogens is 226 g/mol. The third-order valence-electron chi connectivity index (χ3n) is 2.96. The summed E-state index contributed by atoms with van der Waals surface area (Å²) in [7, 11) is 0. The third kappa shape index (κ3) is 1.93. The van der Waals surface area contributed by atoms with E-state index in [1.165, 1.54) is 0 Å². The number of benzene rings is 1. The Balaban J connectivity index is 1.88. The lowest BCUT2D eigenvalue weighted by molar-refractivity contribution is 0.112. The Morgan fingerprint density at radius 1 is 1.22 bits per heavy atom. The molecule has 0 unspecified atom stereocenters. The van der Waals surface area contributed by atoms with E-state index in [0.29, 0.717) is 5.56 Å². The van der Waals surface area contributed by atoms with Gasteiger partial charge in [-0.3, -0.25) is 9.79 Å². The van der Waals surface area contributed by atoms with Crippen molar-refractivity contribution in [3.63, 3.8) is 0 Å². The minimum atomic E-state index is 0.681. The highest BCUT2D eigenvalue weighted by molar-refractivity contribution is 5.99. The Morgan fingerprint density at radius 3 is 2.67 bits per heavy atom. The molecule has 0 atom stereocenters. The molecule has 0 aliphatic carbocycles. The molecule has 0 saturated heterocycles. The molecule has 1 N–H and O–H groups in total. The first kappa shape index (κ1) is 10.8. The van der Waals surface area contributed by atoms with Gasteiger partial charge in [0, 0.05) is 35.8 Å². The SMILES string of the molecule is O=Cc1ccn(-c2ccc(C3=NCCN3)cc2)c1. The summed E-state index contributed by atoms with van der Waals surface area (Å²) in [5, 5.41) is 3.24. The van der Waals surface area contributed by atoms with E-state index in [2.05, 4.69) is 10.3 Å². The van der Waals surface area contributed by atoms with Crippen LogP contribution in [0.3, 0.4) is 0 Å². The first-order chi connectivity index (χ1) is 8.86. The molecule has 1 aliphatic rings. The fourth-order valence-electron chi connectivity index (χ4n) is 2.03. The molecule has 0 spiro atoms. The molecule has 4 heteroatoms. The summed E-state index contributed by atoms with van der Waals surface area (Å²) in [5.41, 5.74) is 2.81. The second kappa shape index (κ2) is 4.49. The van der Waals surface area contributed by atoms with Crippen LogP contribution < -0.4 is 5.32 Å². The van der Waals surface area contributed by atoms with Crippen LogP contribution in [-0.2, 0) is 0 Å². The van der Waals surface area contributed by atoms with Crippen molar-refractivity contribution in [3.05, 3.63) is 53.9 Å². The summed E-state index contributed by atoms with van der Waals surface area (Å²) in [4.78, 5) is 15.0. The summed E-state index contributed by atoms with van der Waals surface area (Å²) in [6.07, 6.45) is 4.54. The van der Waals surface area contributed by atoms with Gasteiger partial charge in [0.15, 0.2) is 6.29 Å². The zero-order valence-corrected chi connectivity index (χ0v) is 9.84. The van der Waals surface area contributed by atoms with Crippen molar-refractivity contribution in [3.8, 4) is 5.69 Å². The van der Waals surface area contributed by atoms with Gasteiger partial charge in [-0.2, -0.15) is 0 Å². The number of carbonyl (C=O) groups is 1. The number of amidine groups is 1. The van der Waals surface area contributed by atoms with Crippen LogP contribution in [0.2, 0.25) is 0 Å². The van der Waals surface area contributed by atoms with E-state index in [-0.39, 0.29) is 0 Å². The molecule has 0 amide bonds. The van der Waals surface area contributed by atoms with Crippen LogP contribution in [-0.4, -0.2) is 29.8 Å². The molecule has 2 aromatic rings. The molecule has 1 aromatic heterocycles. The van der Waals surface area contributed by atoms with Gasteiger partial charge in [-0.25, -0.2) is 0 Å². The van der Waals surface area contributed by atoms with E-state index in [1.54, 1.807) is 6.07 Å². The molecular formula is C14H13N3O. The number of nitrogens with one attached hydrogen (secondary N) is 1. The van der Waals surface area contributed by atoms with E-state index in [4.69, 9.17) is 0 Å². The maximum Gasteiger partial charge on any atom is 0.151 e. The van der Waals surface area contributed by atoms with Crippen LogP contribution in [0.15, 0.2) is 47.7 Å². The Bertz CT molecular complexity index is 596. The van der Waals surface area contributed by atoms with E-state index >= 15 is 0 Å².